The van der Waals surface area contributed by atoms with Crippen LogP contribution >= 0.6 is 11.6 Å². The largest absolute Gasteiger partial charge is 0.365 e. The molecule has 3 heterocycles. The monoisotopic (exact) mass is 474 g/mol. The SMILES string of the molecule is O=C(C=Cc1cnc(N[C@@H]2CCN(Cc3ccc(F)cc3)C2)c(Cl)c1)NOC1CCCCO1. The van der Waals surface area contributed by atoms with E-state index in [-0.39, 0.29) is 24.1 Å². The van der Waals surface area contributed by atoms with E-state index in [2.05, 4.69) is 20.7 Å². The van der Waals surface area contributed by atoms with Gasteiger partial charge >= 0.3 is 0 Å². The number of halogens is 2. The van der Waals surface area contributed by atoms with E-state index in [0.29, 0.717) is 23.0 Å². The minimum Gasteiger partial charge on any atom is -0.365 e. The van der Waals surface area contributed by atoms with E-state index in [1.807, 2.05) is 12.1 Å². The summed E-state index contributed by atoms with van der Waals surface area (Å²) < 4.78 is 18.5. The van der Waals surface area contributed by atoms with Crippen LogP contribution in [0.25, 0.3) is 6.08 Å². The highest BCUT2D eigenvalue weighted by molar-refractivity contribution is 6.33. The Bertz CT molecular complexity index is 967. The summed E-state index contributed by atoms with van der Waals surface area (Å²) in [6, 6.07) is 8.60. The molecule has 2 atom stereocenters. The summed E-state index contributed by atoms with van der Waals surface area (Å²) in [6.45, 7) is 3.22. The zero-order chi connectivity index (χ0) is 23.0. The molecular formula is C24H28ClFN4O3. The zero-order valence-corrected chi connectivity index (χ0v) is 19.1. The number of nitrogens with zero attached hydrogens (tertiary/aromatic N) is 2. The number of hydrogen-bond acceptors (Lipinski definition) is 6. The van der Waals surface area contributed by atoms with Crippen molar-refractivity contribution in [3.63, 3.8) is 0 Å². The van der Waals surface area contributed by atoms with Gasteiger partial charge < -0.3 is 10.1 Å². The number of pyridine rings is 1. The molecule has 1 aromatic heterocycles. The lowest BCUT2D eigenvalue weighted by molar-refractivity contribution is -0.198. The average molecular weight is 475 g/mol. The first kappa shape index (κ1) is 23.6. The number of rotatable bonds is 8. The molecule has 176 valence electrons. The summed E-state index contributed by atoms with van der Waals surface area (Å²) in [6.07, 6.45) is 8.04. The highest BCUT2D eigenvalue weighted by atomic mass is 35.5. The van der Waals surface area contributed by atoms with Crippen LogP contribution in [0.5, 0.6) is 0 Å². The van der Waals surface area contributed by atoms with Crippen LogP contribution in [0.3, 0.4) is 0 Å². The summed E-state index contributed by atoms with van der Waals surface area (Å²) in [4.78, 5) is 23.9. The van der Waals surface area contributed by atoms with Crippen molar-refractivity contribution >= 4 is 29.4 Å². The third-order valence-electron chi connectivity index (χ3n) is 5.65. The molecule has 2 aliphatic rings. The van der Waals surface area contributed by atoms with Crippen LogP contribution in [-0.2, 0) is 20.9 Å². The van der Waals surface area contributed by atoms with Gasteiger partial charge in [-0.2, -0.15) is 0 Å². The molecule has 7 nitrogen and oxygen atoms in total. The average Bonchev–Trinajstić information content (AvgIpc) is 3.27. The Morgan fingerprint density at radius 1 is 1.30 bits per heavy atom. The number of hydrogen-bond donors (Lipinski definition) is 2. The highest BCUT2D eigenvalue weighted by Crippen LogP contribution is 2.24. The van der Waals surface area contributed by atoms with E-state index in [9.17, 15) is 9.18 Å². The van der Waals surface area contributed by atoms with Gasteiger partial charge in [0, 0.05) is 51.0 Å². The molecule has 0 radical (unpaired) electrons. The molecule has 2 aliphatic heterocycles. The Labute approximate surface area is 197 Å². The highest BCUT2D eigenvalue weighted by Gasteiger charge is 2.23. The number of ether oxygens (including phenoxy) is 1. The summed E-state index contributed by atoms with van der Waals surface area (Å²) in [5.41, 5.74) is 4.18. The number of benzene rings is 1. The minimum absolute atomic E-state index is 0.221. The number of anilines is 1. The molecule has 33 heavy (non-hydrogen) atoms. The van der Waals surface area contributed by atoms with Crippen LogP contribution in [0.1, 0.15) is 36.8 Å². The third kappa shape index (κ3) is 7.23. The number of hydroxylamine groups is 1. The van der Waals surface area contributed by atoms with Gasteiger partial charge in [0.2, 0.25) is 0 Å². The van der Waals surface area contributed by atoms with Crippen LogP contribution in [-0.4, -0.2) is 47.8 Å². The molecule has 4 rings (SSSR count). The molecule has 0 aliphatic carbocycles. The first-order valence-electron chi connectivity index (χ1n) is 11.2. The van der Waals surface area contributed by atoms with Crippen LogP contribution in [0.15, 0.2) is 42.6 Å². The topological polar surface area (TPSA) is 75.7 Å². The number of carbonyl (C=O) groups is 1. The van der Waals surface area contributed by atoms with Crippen molar-refractivity contribution < 1.29 is 18.8 Å². The lowest BCUT2D eigenvalue weighted by Gasteiger charge is -2.21. The lowest BCUT2D eigenvalue weighted by Crippen LogP contribution is -2.32. The van der Waals surface area contributed by atoms with Crippen LogP contribution < -0.4 is 10.8 Å². The molecule has 1 unspecified atom stereocenters. The van der Waals surface area contributed by atoms with Gasteiger partial charge in [0.1, 0.15) is 11.6 Å². The van der Waals surface area contributed by atoms with Crippen molar-refractivity contribution in [3.05, 3.63) is 64.6 Å². The van der Waals surface area contributed by atoms with Gasteiger partial charge in [0.05, 0.1) is 5.02 Å². The van der Waals surface area contributed by atoms with Gasteiger partial charge in [-0.3, -0.25) is 9.69 Å². The molecule has 0 saturated carbocycles. The summed E-state index contributed by atoms with van der Waals surface area (Å²) in [5.74, 6) is 0.0149. The molecule has 2 fully saturated rings. The van der Waals surface area contributed by atoms with Crippen molar-refractivity contribution in [2.75, 3.05) is 25.0 Å². The fourth-order valence-electron chi connectivity index (χ4n) is 3.92. The Morgan fingerprint density at radius 3 is 2.91 bits per heavy atom. The van der Waals surface area contributed by atoms with Crippen molar-refractivity contribution in [3.8, 4) is 0 Å². The quantitative estimate of drug-likeness (QED) is 0.442. The van der Waals surface area contributed by atoms with Gasteiger partial charge in [-0.25, -0.2) is 19.7 Å². The van der Waals surface area contributed by atoms with E-state index < -0.39 is 0 Å². The van der Waals surface area contributed by atoms with E-state index in [1.165, 1.54) is 18.2 Å². The Kier molecular flexibility index (Phi) is 8.28. The molecule has 1 aromatic carbocycles. The first-order valence-corrected chi connectivity index (χ1v) is 11.6. The Morgan fingerprint density at radius 2 is 2.15 bits per heavy atom. The number of carbonyl (C=O) groups excluding carboxylic acids is 1. The van der Waals surface area contributed by atoms with E-state index in [0.717, 1.165) is 50.9 Å². The minimum atomic E-state index is -0.389. The van der Waals surface area contributed by atoms with Gasteiger partial charge in [0.25, 0.3) is 5.91 Å². The molecule has 2 N–H and O–H groups in total. The van der Waals surface area contributed by atoms with Crippen LogP contribution in [0.4, 0.5) is 10.2 Å². The fraction of sp³-hybridized carbons (Fsp3) is 0.417. The maximum Gasteiger partial charge on any atom is 0.267 e. The predicted octanol–water partition coefficient (Wildman–Crippen LogP) is 4.15. The summed E-state index contributed by atoms with van der Waals surface area (Å²) in [7, 11) is 0. The van der Waals surface area contributed by atoms with Gasteiger partial charge in [-0.1, -0.05) is 23.7 Å². The summed E-state index contributed by atoms with van der Waals surface area (Å²) in [5, 5.41) is 3.89. The molecule has 9 heteroatoms. The van der Waals surface area contributed by atoms with Gasteiger partial charge in [0.15, 0.2) is 6.29 Å². The van der Waals surface area contributed by atoms with Crippen molar-refractivity contribution in [1.82, 2.24) is 15.4 Å². The molecular weight excluding hydrogens is 447 g/mol. The third-order valence-corrected chi connectivity index (χ3v) is 5.94. The van der Waals surface area contributed by atoms with Crippen molar-refractivity contribution in [1.29, 1.82) is 0 Å². The molecule has 0 spiro atoms. The number of aromatic nitrogens is 1. The van der Waals surface area contributed by atoms with E-state index in [1.54, 1.807) is 18.3 Å². The van der Waals surface area contributed by atoms with E-state index >= 15 is 0 Å². The standard InChI is InChI=1S/C24H28ClFN4O3/c25-21-13-18(6-9-22(31)29-33-23-3-1-2-12-32-23)14-27-24(21)28-20-10-11-30(16-20)15-17-4-7-19(26)8-5-17/h4-9,13-14,20,23H,1-3,10-12,15-16H2,(H,27,28)(H,29,31)/t20-,23?/m1/s1. The zero-order valence-electron chi connectivity index (χ0n) is 18.3. The van der Waals surface area contributed by atoms with Crippen LogP contribution in [0.2, 0.25) is 5.02 Å². The predicted molar refractivity (Wildman–Crippen MR) is 125 cm³/mol. The number of amides is 1. The van der Waals surface area contributed by atoms with Gasteiger partial charge in [-0.15, -0.1) is 0 Å². The molecule has 2 saturated heterocycles. The smallest absolute Gasteiger partial charge is 0.267 e. The normalized spacial score (nSPS) is 21.4. The number of nitrogens with one attached hydrogen (secondary N) is 2. The van der Waals surface area contributed by atoms with Crippen molar-refractivity contribution in [2.24, 2.45) is 0 Å². The number of likely N-dealkylation sites (tertiary alicyclic amines) is 1. The second-order valence-corrected chi connectivity index (χ2v) is 8.71. The van der Waals surface area contributed by atoms with Crippen LogP contribution in [0, 0.1) is 5.82 Å². The Balaban J connectivity index is 1.24. The summed E-state index contributed by atoms with van der Waals surface area (Å²) >= 11 is 6.42. The molecule has 0 bridgehead atoms. The van der Waals surface area contributed by atoms with Crippen molar-refractivity contribution in [2.45, 2.75) is 44.6 Å². The maximum atomic E-state index is 13.1. The van der Waals surface area contributed by atoms with E-state index in [4.69, 9.17) is 21.2 Å². The second kappa shape index (κ2) is 11.6. The maximum absolute atomic E-state index is 13.1. The molecule has 1 amide bonds. The fourth-order valence-corrected chi connectivity index (χ4v) is 4.15. The molecule has 2 aromatic rings. The first-order chi connectivity index (χ1) is 16.0. The Hall–Kier alpha value is -2.52. The lowest BCUT2D eigenvalue weighted by atomic mass is 10.2. The van der Waals surface area contributed by atoms with Gasteiger partial charge in [-0.05, 0) is 54.7 Å². The second-order valence-electron chi connectivity index (χ2n) is 8.30.